The first-order valence-electron chi connectivity index (χ1n) is 9.00. The molecule has 0 radical (unpaired) electrons. The molecule has 3 rings (SSSR count). The number of ether oxygens (including phenoxy) is 1. The fourth-order valence-corrected chi connectivity index (χ4v) is 3.17. The van der Waals surface area contributed by atoms with Crippen molar-refractivity contribution in [1.82, 2.24) is 0 Å². The predicted molar refractivity (Wildman–Crippen MR) is 123 cm³/mol. The Bertz CT molecular complexity index is 1080. The number of amides is 1. The Labute approximate surface area is 184 Å². The van der Waals surface area contributed by atoms with E-state index in [1.54, 1.807) is 12.1 Å². The van der Waals surface area contributed by atoms with E-state index in [0.717, 1.165) is 14.7 Å². The number of carbonyl (C=O) groups excluding carboxylic acids is 1. The first-order chi connectivity index (χ1) is 14.0. The van der Waals surface area contributed by atoms with Gasteiger partial charge in [-0.1, -0.05) is 48.0 Å². The highest BCUT2D eigenvalue weighted by Gasteiger charge is 2.10. The van der Waals surface area contributed by atoms with Crippen LogP contribution >= 0.6 is 22.6 Å². The number of aryl methyl sites for hydroxylation is 1. The number of benzene rings is 3. The minimum absolute atomic E-state index is 0.0274. The van der Waals surface area contributed by atoms with Gasteiger partial charge in [0.1, 0.15) is 24.0 Å². The summed E-state index contributed by atoms with van der Waals surface area (Å²) in [7, 11) is 0. The second-order valence-corrected chi connectivity index (χ2v) is 7.73. The molecule has 5 heteroatoms. The van der Waals surface area contributed by atoms with E-state index in [0.29, 0.717) is 18.0 Å². The average molecular weight is 494 g/mol. The van der Waals surface area contributed by atoms with Crippen LogP contribution in [0.3, 0.4) is 0 Å². The average Bonchev–Trinajstić information content (AvgIpc) is 2.72. The molecule has 1 N–H and O–H groups in total. The van der Waals surface area contributed by atoms with Crippen LogP contribution in [0.2, 0.25) is 0 Å². The molecule has 3 aromatic rings. The van der Waals surface area contributed by atoms with Crippen LogP contribution in [-0.4, -0.2) is 5.91 Å². The number of nitriles is 1. The maximum atomic E-state index is 12.4. The van der Waals surface area contributed by atoms with Crippen LogP contribution in [0.15, 0.2) is 78.4 Å². The summed E-state index contributed by atoms with van der Waals surface area (Å²) in [5, 5.41) is 12.2. The zero-order chi connectivity index (χ0) is 20.6. The number of hydrogen-bond acceptors (Lipinski definition) is 3. The van der Waals surface area contributed by atoms with Crippen molar-refractivity contribution < 1.29 is 9.53 Å². The Morgan fingerprint density at radius 2 is 1.86 bits per heavy atom. The lowest BCUT2D eigenvalue weighted by Crippen LogP contribution is -2.13. The normalized spacial score (nSPS) is 10.9. The van der Waals surface area contributed by atoms with Crippen molar-refractivity contribution in [3.8, 4) is 11.8 Å². The van der Waals surface area contributed by atoms with Gasteiger partial charge >= 0.3 is 0 Å². The van der Waals surface area contributed by atoms with Gasteiger partial charge in [0, 0.05) is 9.26 Å². The molecule has 3 aromatic carbocycles. The van der Waals surface area contributed by atoms with Gasteiger partial charge in [0.2, 0.25) is 0 Å². The van der Waals surface area contributed by atoms with Gasteiger partial charge in [-0.25, -0.2) is 0 Å². The summed E-state index contributed by atoms with van der Waals surface area (Å²) in [6.07, 6.45) is 1.56. The molecule has 29 heavy (non-hydrogen) atoms. The molecule has 1 amide bonds. The quantitative estimate of drug-likeness (QED) is 0.271. The Kier molecular flexibility index (Phi) is 7.04. The minimum Gasteiger partial charge on any atom is -0.489 e. The third-order valence-electron chi connectivity index (χ3n) is 4.14. The van der Waals surface area contributed by atoms with Gasteiger partial charge in [0.05, 0.1) is 0 Å². The molecule has 0 atom stereocenters. The van der Waals surface area contributed by atoms with Gasteiger partial charge in [0.15, 0.2) is 0 Å². The van der Waals surface area contributed by atoms with Crippen molar-refractivity contribution in [2.24, 2.45) is 0 Å². The smallest absolute Gasteiger partial charge is 0.266 e. The largest absolute Gasteiger partial charge is 0.489 e. The predicted octanol–water partition coefficient (Wildman–Crippen LogP) is 5.72. The van der Waals surface area contributed by atoms with Crippen LogP contribution in [-0.2, 0) is 11.4 Å². The van der Waals surface area contributed by atoms with Crippen LogP contribution in [0.5, 0.6) is 5.75 Å². The van der Waals surface area contributed by atoms with Crippen molar-refractivity contribution in [3.05, 3.63) is 98.6 Å². The van der Waals surface area contributed by atoms with Gasteiger partial charge in [-0.3, -0.25) is 4.79 Å². The summed E-state index contributed by atoms with van der Waals surface area (Å²) in [4.78, 5) is 12.4. The van der Waals surface area contributed by atoms with E-state index in [9.17, 15) is 10.1 Å². The number of carbonyl (C=O) groups is 1. The third kappa shape index (κ3) is 6.19. The van der Waals surface area contributed by atoms with Gasteiger partial charge < -0.3 is 10.1 Å². The maximum absolute atomic E-state index is 12.4. The highest BCUT2D eigenvalue weighted by molar-refractivity contribution is 14.1. The SMILES string of the molecule is Cc1ccc(COc2cccc(/C=C(\C#N)C(=O)Nc3cccc(I)c3)c2)cc1. The fraction of sp³-hybridized carbons (Fsp3) is 0.0833. The second-order valence-electron chi connectivity index (χ2n) is 6.48. The number of hydrogen-bond donors (Lipinski definition) is 1. The Morgan fingerprint density at radius 3 is 2.59 bits per heavy atom. The van der Waals surface area contributed by atoms with Crippen LogP contribution in [0.25, 0.3) is 6.08 Å². The minimum atomic E-state index is -0.444. The van der Waals surface area contributed by atoms with Gasteiger partial charge in [0.25, 0.3) is 5.91 Å². The summed E-state index contributed by atoms with van der Waals surface area (Å²) in [6, 6.07) is 24.9. The van der Waals surface area contributed by atoms with E-state index in [1.807, 2.05) is 79.7 Å². The number of rotatable bonds is 6. The van der Waals surface area contributed by atoms with E-state index in [4.69, 9.17) is 4.74 Å². The molecule has 0 heterocycles. The van der Waals surface area contributed by atoms with Crippen molar-refractivity contribution in [3.63, 3.8) is 0 Å². The van der Waals surface area contributed by atoms with Crippen molar-refractivity contribution in [2.45, 2.75) is 13.5 Å². The first-order valence-corrected chi connectivity index (χ1v) is 10.1. The first kappa shape index (κ1) is 20.6. The molecule has 0 aliphatic carbocycles. The Morgan fingerprint density at radius 1 is 1.10 bits per heavy atom. The molecule has 0 unspecified atom stereocenters. The van der Waals surface area contributed by atoms with Crippen LogP contribution < -0.4 is 10.1 Å². The standard InChI is InChI=1S/C24H19IN2O2/c1-17-8-10-18(11-9-17)16-29-23-7-2-4-19(13-23)12-20(15-26)24(28)27-22-6-3-5-21(25)14-22/h2-14H,16H2,1H3,(H,27,28)/b20-12+. The van der Waals surface area contributed by atoms with Crippen molar-refractivity contribution in [1.29, 1.82) is 5.26 Å². The number of anilines is 1. The van der Waals surface area contributed by atoms with E-state index in [1.165, 1.54) is 5.56 Å². The summed E-state index contributed by atoms with van der Waals surface area (Å²) in [6.45, 7) is 2.49. The lowest BCUT2D eigenvalue weighted by atomic mass is 10.1. The molecular formula is C24H19IN2O2. The molecule has 0 spiro atoms. The highest BCUT2D eigenvalue weighted by Crippen LogP contribution is 2.19. The number of nitrogens with one attached hydrogen (secondary N) is 1. The summed E-state index contributed by atoms with van der Waals surface area (Å²) < 4.78 is 6.84. The lowest BCUT2D eigenvalue weighted by Gasteiger charge is -2.08. The molecule has 0 saturated carbocycles. The zero-order valence-electron chi connectivity index (χ0n) is 15.9. The van der Waals surface area contributed by atoms with E-state index in [-0.39, 0.29) is 5.57 Å². The molecule has 0 fully saturated rings. The molecule has 0 saturated heterocycles. The summed E-state index contributed by atoms with van der Waals surface area (Å²) in [5.74, 6) is 0.232. The van der Waals surface area contributed by atoms with Gasteiger partial charge in [-0.15, -0.1) is 0 Å². The fourth-order valence-electron chi connectivity index (χ4n) is 2.63. The molecule has 0 aromatic heterocycles. The second kappa shape index (κ2) is 9.89. The molecular weight excluding hydrogens is 475 g/mol. The summed E-state index contributed by atoms with van der Waals surface area (Å²) in [5.41, 5.74) is 3.68. The Balaban J connectivity index is 1.70. The molecule has 0 aliphatic heterocycles. The van der Waals surface area contributed by atoms with Crippen LogP contribution in [0.4, 0.5) is 5.69 Å². The molecule has 4 nitrogen and oxygen atoms in total. The molecule has 144 valence electrons. The zero-order valence-corrected chi connectivity index (χ0v) is 18.0. The number of nitrogens with zero attached hydrogens (tertiary/aromatic N) is 1. The monoisotopic (exact) mass is 494 g/mol. The topological polar surface area (TPSA) is 62.1 Å². The highest BCUT2D eigenvalue weighted by atomic mass is 127. The van der Waals surface area contributed by atoms with Gasteiger partial charge in [-0.2, -0.15) is 5.26 Å². The van der Waals surface area contributed by atoms with E-state index < -0.39 is 5.91 Å². The maximum Gasteiger partial charge on any atom is 0.266 e. The molecule has 0 aliphatic rings. The lowest BCUT2D eigenvalue weighted by molar-refractivity contribution is -0.112. The van der Waals surface area contributed by atoms with E-state index >= 15 is 0 Å². The number of halogens is 1. The van der Waals surface area contributed by atoms with Crippen LogP contribution in [0.1, 0.15) is 16.7 Å². The van der Waals surface area contributed by atoms with Crippen molar-refractivity contribution >= 4 is 40.3 Å². The third-order valence-corrected chi connectivity index (χ3v) is 4.81. The van der Waals surface area contributed by atoms with Crippen molar-refractivity contribution in [2.75, 3.05) is 5.32 Å². The van der Waals surface area contributed by atoms with E-state index in [2.05, 4.69) is 27.9 Å². The van der Waals surface area contributed by atoms with Crippen LogP contribution in [0, 0.1) is 21.8 Å². The molecule has 0 bridgehead atoms. The Hall–Kier alpha value is -3.11. The summed E-state index contributed by atoms with van der Waals surface area (Å²) >= 11 is 2.17. The van der Waals surface area contributed by atoms with Gasteiger partial charge in [-0.05, 0) is 77.0 Å².